The van der Waals surface area contributed by atoms with Crippen LogP contribution in [0.2, 0.25) is 0 Å². The van der Waals surface area contributed by atoms with Crippen LogP contribution in [0.25, 0.3) is 0 Å². The van der Waals surface area contributed by atoms with Gasteiger partial charge in [-0.2, -0.15) is 0 Å². The van der Waals surface area contributed by atoms with Gasteiger partial charge in [0, 0.05) is 0 Å². The molecule has 4 nitrogen and oxygen atoms in total. The van der Waals surface area contributed by atoms with Crippen LogP contribution in [0.4, 0.5) is 0 Å². The fourth-order valence-corrected chi connectivity index (χ4v) is 2.60. The summed E-state index contributed by atoms with van der Waals surface area (Å²) in [5.41, 5.74) is 0.788. The molecule has 0 aliphatic heterocycles. The minimum Gasteiger partial charge on any atom is -0.493 e. The summed E-state index contributed by atoms with van der Waals surface area (Å²) in [7, 11) is 1.58. The lowest BCUT2D eigenvalue weighted by Gasteiger charge is -2.23. The fraction of sp³-hybridized carbons (Fsp3) is 0.625. The first-order chi connectivity index (χ1) is 9.61. The summed E-state index contributed by atoms with van der Waals surface area (Å²) in [6, 6.07) is 5.41. The quantitative estimate of drug-likeness (QED) is 0.833. The second-order valence-corrected chi connectivity index (χ2v) is 5.45. The molecule has 2 N–H and O–H groups in total. The zero-order chi connectivity index (χ0) is 14.5. The molecule has 20 heavy (non-hydrogen) atoms. The van der Waals surface area contributed by atoms with Crippen LogP contribution in [0.15, 0.2) is 18.2 Å². The van der Waals surface area contributed by atoms with Crippen LogP contribution >= 0.6 is 0 Å². The minimum atomic E-state index is -0.540. The van der Waals surface area contributed by atoms with Gasteiger partial charge in [-0.15, -0.1) is 0 Å². The van der Waals surface area contributed by atoms with E-state index in [1.54, 1.807) is 26.2 Å². The Bertz CT molecular complexity index is 430. The number of benzene rings is 1. The van der Waals surface area contributed by atoms with E-state index in [0.29, 0.717) is 11.5 Å². The number of methoxy groups -OCH3 is 1. The van der Waals surface area contributed by atoms with Gasteiger partial charge in [0.05, 0.1) is 19.3 Å². The van der Waals surface area contributed by atoms with Crippen molar-refractivity contribution in [3.63, 3.8) is 0 Å². The Morgan fingerprint density at radius 3 is 2.60 bits per heavy atom. The molecule has 1 fully saturated rings. The van der Waals surface area contributed by atoms with Crippen molar-refractivity contribution in [3.05, 3.63) is 23.8 Å². The SMILES string of the molecule is COc1cc([C@@H](C)O)ccc1OC1CCCCCC1O. The number of hydrogen-bond acceptors (Lipinski definition) is 4. The van der Waals surface area contributed by atoms with Gasteiger partial charge in [-0.05, 0) is 43.9 Å². The van der Waals surface area contributed by atoms with E-state index in [4.69, 9.17) is 9.47 Å². The summed E-state index contributed by atoms with van der Waals surface area (Å²) in [5, 5.41) is 19.7. The number of aliphatic hydroxyl groups is 2. The van der Waals surface area contributed by atoms with E-state index in [1.165, 1.54) is 0 Å². The Balaban J connectivity index is 2.15. The summed E-state index contributed by atoms with van der Waals surface area (Å²) in [6.07, 6.45) is 3.80. The molecule has 1 saturated carbocycles. The van der Waals surface area contributed by atoms with Crippen LogP contribution in [0.3, 0.4) is 0 Å². The Morgan fingerprint density at radius 1 is 1.15 bits per heavy atom. The molecule has 0 saturated heterocycles. The van der Waals surface area contributed by atoms with Crippen LogP contribution < -0.4 is 9.47 Å². The maximum atomic E-state index is 10.1. The third-order valence-corrected chi connectivity index (χ3v) is 3.87. The van der Waals surface area contributed by atoms with Gasteiger partial charge in [0.15, 0.2) is 11.5 Å². The van der Waals surface area contributed by atoms with Crippen molar-refractivity contribution in [3.8, 4) is 11.5 Å². The summed E-state index contributed by atoms with van der Waals surface area (Å²) >= 11 is 0. The summed E-state index contributed by atoms with van der Waals surface area (Å²) in [4.78, 5) is 0. The van der Waals surface area contributed by atoms with Gasteiger partial charge >= 0.3 is 0 Å². The van der Waals surface area contributed by atoms with Crippen molar-refractivity contribution in [1.29, 1.82) is 0 Å². The van der Waals surface area contributed by atoms with E-state index in [0.717, 1.165) is 37.7 Å². The highest BCUT2D eigenvalue weighted by Gasteiger charge is 2.24. The van der Waals surface area contributed by atoms with Gasteiger partial charge in [0.1, 0.15) is 6.10 Å². The third kappa shape index (κ3) is 3.64. The average Bonchev–Trinajstić information content (AvgIpc) is 2.64. The van der Waals surface area contributed by atoms with Crippen molar-refractivity contribution < 1.29 is 19.7 Å². The number of rotatable bonds is 4. The van der Waals surface area contributed by atoms with Gasteiger partial charge in [-0.3, -0.25) is 0 Å². The van der Waals surface area contributed by atoms with E-state index < -0.39 is 12.2 Å². The summed E-state index contributed by atoms with van der Waals surface area (Å²) in [5.74, 6) is 1.22. The monoisotopic (exact) mass is 280 g/mol. The van der Waals surface area contributed by atoms with Crippen molar-refractivity contribution in [1.82, 2.24) is 0 Å². The molecule has 1 aliphatic carbocycles. The average molecular weight is 280 g/mol. The molecule has 4 heteroatoms. The highest BCUT2D eigenvalue weighted by Crippen LogP contribution is 2.33. The van der Waals surface area contributed by atoms with E-state index in [2.05, 4.69) is 0 Å². The molecule has 3 atom stereocenters. The smallest absolute Gasteiger partial charge is 0.161 e. The van der Waals surface area contributed by atoms with E-state index in [-0.39, 0.29) is 6.10 Å². The predicted octanol–water partition coefficient (Wildman–Crippen LogP) is 2.82. The van der Waals surface area contributed by atoms with E-state index >= 15 is 0 Å². The standard InChI is InChI=1S/C16H24O4/c1-11(17)12-8-9-15(16(10-12)19-2)20-14-7-5-3-4-6-13(14)18/h8-11,13-14,17-18H,3-7H2,1-2H3/t11-,13?,14?/m1/s1. The maximum Gasteiger partial charge on any atom is 0.161 e. The van der Waals surface area contributed by atoms with Gasteiger partial charge in [0.25, 0.3) is 0 Å². The number of hydrogen-bond donors (Lipinski definition) is 2. The zero-order valence-corrected chi connectivity index (χ0v) is 12.2. The first-order valence-corrected chi connectivity index (χ1v) is 7.32. The largest absolute Gasteiger partial charge is 0.493 e. The molecule has 1 aromatic carbocycles. The molecule has 2 unspecified atom stereocenters. The summed E-state index contributed by atoms with van der Waals surface area (Å²) in [6.45, 7) is 1.71. The molecule has 0 aromatic heterocycles. The Kier molecular flexibility index (Phi) is 5.26. The van der Waals surface area contributed by atoms with Gasteiger partial charge in [-0.1, -0.05) is 18.9 Å². The van der Waals surface area contributed by atoms with Crippen LogP contribution in [-0.4, -0.2) is 29.5 Å². The van der Waals surface area contributed by atoms with Crippen molar-refractivity contribution in [2.75, 3.05) is 7.11 Å². The second-order valence-electron chi connectivity index (χ2n) is 5.45. The van der Waals surface area contributed by atoms with Crippen LogP contribution in [0, 0.1) is 0 Å². The second kappa shape index (κ2) is 6.95. The minimum absolute atomic E-state index is 0.177. The van der Waals surface area contributed by atoms with E-state index in [9.17, 15) is 10.2 Å². The lowest BCUT2D eigenvalue weighted by molar-refractivity contribution is 0.0305. The third-order valence-electron chi connectivity index (χ3n) is 3.87. The fourth-order valence-electron chi connectivity index (χ4n) is 2.60. The highest BCUT2D eigenvalue weighted by atomic mass is 16.5. The molecule has 2 rings (SSSR count). The lowest BCUT2D eigenvalue weighted by atomic mass is 10.1. The number of ether oxygens (including phenoxy) is 2. The molecule has 0 radical (unpaired) electrons. The van der Waals surface area contributed by atoms with Crippen LogP contribution in [0.5, 0.6) is 11.5 Å². The molecule has 0 spiro atoms. The summed E-state index contributed by atoms with van der Waals surface area (Å²) < 4.78 is 11.3. The molecule has 0 amide bonds. The van der Waals surface area contributed by atoms with Crippen LogP contribution in [-0.2, 0) is 0 Å². The van der Waals surface area contributed by atoms with Gasteiger partial charge in [-0.25, -0.2) is 0 Å². The Hall–Kier alpha value is -1.26. The zero-order valence-electron chi connectivity index (χ0n) is 12.2. The molecule has 1 aromatic rings. The lowest BCUT2D eigenvalue weighted by Crippen LogP contribution is -2.30. The van der Waals surface area contributed by atoms with Gasteiger partial charge < -0.3 is 19.7 Å². The van der Waals surface area contributed by atoms with Crippen molar-refractivity contribution in [2.45, 2.75) is 57.3 Å². The predicted molar refractivity (Wildman–Crippen MR) is 77.1 cm³/mol. The molecular formula is C16H24O4. The molecular weight excluding hydrogens is 256 g/mol. The number of aliphatic hydroxyl groups excluding tert-OH is 2. The van der Waals surface area contributed by atoms with Crippen molar-refractivity contribution >= 4 is 0 Å². The molecule has 112 valence electrons. The van der Waals surface area contributed by atoms with Crippen LogP contribution in [0.1, 0.15) is 50.7 Å². The van der Waals surface area contributed by atoms with Gasteiger partial charge in [0.2, 0.25) is 0 Å². The molecule has 0 heterocycles. The molecule has 0 bridgehead atoms. The first kappa shape index (κ1) is 15.1. The van der Waals surface area contributed by atoms with Crippen molar-refractivity contribution in [2.24, 2.45) is 0 Å². The molecule has 1 aliphatic rings. The van der Waals surface area contributed by atoms with E-state index in [1.807, 2.05) is 6.07 Å². The Morgan fingerprint density at radius 2 is 1.90 bits per heavy atom. The Labute approximate surface area is 120 Å². The highest BCUT2D eigenvalue weighted by molar-refractivity contribution is 5.43. The normalized spacial score (nSPS) is 24.8. The topological polar surface area (TPSA) is 58.9 Å². The maximum absolute atomic E-state index is 10.1. The first-order valence-electron chi connectivity index (χ1n) is 7.32.